The maximum atomic E-state index is 12.1. The maximum Gasteiger partial charge on any atom is 0.400 e. The molecule has 0 radical (unpaired) electrons. The van der Waals surface area contributed by atoms with Crippen molar-refractivity contribution in [2.24, 2.45) is 74.9 Å². The number of unbranched alkanes of at least 4 members (excludes halogenated alkanes) is 5. The molecule has 0 bridgehead atoms. The van der Waals surface area contributed by atoms with Gasteiger partial charge in [0.2, 0.25) is 0 Å². The van der Waals surface area contributed by atoms with Crippen LogP contribution in [0.3, 0.4) is 0 Å². The molecule has 0 aliphatic heterocycles. The highest BCUT2D eigenvalue weighted by Crippen LogP contribution is 2.46. The quantitative estimate of drug-likeness (QED) is 0.0631. The molecule has 0 spiro atoms. The van der Waals surface area contributed by atoms with Gasteiger partial charge in [-0.3, -0.25) is 0 Å². The Morgan fingerprint density at radius 3 is 0.812 bits per heavy atom. The topological polar surface area (TPSA) is 0 Å². The monoisotopic (exact) mass is 1740 g/mol. The molecule has 0 saturated heterocycles. The van der Waals surface area contributed by atoms with Crippen molar-refractivity contribution in [1.82, 2.24) is 0 Å². The van der Waals surface area contributed by atoms with Gasteiger partial charge in [-0.25, -0.2) is 0 Å². The SMILES string of the molecule is CC(C)C(C)(C)C(F)(F)F.CC(C)CC(C(F)(F)F)C(F)(F)F.CCC(C)(C)C.CCC(C)(C)CC(F)(F)F.CCC(CC)CC(F)(F)F.CCCC(C)(C)C(F)(F)F.CCCCC(C(F)(F)F)C(F)(F)F.CCCCCCC(F)(F)F.CCCC[C@H](C)C(F)(F)F.CCC[C@H](C)CC(F)(F)F.CC[C@H](C)C(C)C(F)(F)F. The van der Waals surface area contributed by atoms with Gasteiger partial charge in [-0.2, -0.15) is 158 Å². The summed E-state index contributed by atoms with van der Waals surface area (Å²) in [5.41, 5.74) is -3.13. The summed E-state index contributed by atoms with van der Waals surface area (Å²) < 4.78 is 425. The first-order valence-electron chi connectivity index (χ1n) is 37.8. The average molecular weight is 1740 g/mol. The molecule has 0 aliphatic rings. The lowest BCUT2D eigenvalue weighted by molar-refractivity contribution is -0.288. The predicted octanol–water partition coefficient (Wildman–Crippen LogP) is 37.0. The van der Waals surface area contributed by atoms with Gasteiger partial charge in [0.25, 0.3) is 0 Å². The fourth-order valence-corrected chi connectivity index (χ4v) is 7.60. The van der Waals surface area contributed by atoms with Gasteiger partial charge in [0.15, 0.2) is 11.8 Å². The minimum Gasteiger partial charge on any atom is -0.171 e. The van der Waals surface area contributed by atoms with Crippen molar-refractivity contribution in [1.29, 1.82) is 0 Å². The predicted molar refractivity (Wildman–Crippen MR) is 378 cm³/mol. The van der Waals surface area contributed by atoms with Crippen LogP contribution in [0.15, 0.2) is 0 Å². The van der Waals surface area contributed by atoms with Crippen LogP contribution in [0.25, 0.3) is 0 Å². The summed E-state index contributed by atoms with van der Waals surface area (Å²) in [5.74, 6) is -10.3. The number of alkyl halides is 36. The number of hydrogen-bond donors (Lipinski definition) is 0. The first-order valence-corrected chi connectivity index (χ1v) is 37.8. The zero-order valence-corrected chi connectivity index (χ0v) is 70.8. The van der Waals surface area contributed by atoms with Gasteiger partial charge in [-0.1, -0.05) is 283 Å². The van der Waals surface area contributed by atoms with Crippen LogP contribution in [-0.2, 0) is 0 Å². The Bertz CT molecular complexity index is 2040. The van der Waals surface area contributed by atoms with Crippen molar-refractivity contribution in [3.63, 3.8) is 0 Å². The summed E-state index contributed by atoms with van der Waals surface area (Å²) in [7, 11) is 0. The Balaban J connectivity index is -0.000000112. The summed E-state index contributed by atoms with van der Waals surface area (Å²) in [5, 5.41) is 0. The lowest BCUT2D eigenvalue weighted by Gasteiger charge is -2.31. The molecule has 4 atom stereocenters. The van der Waals surface area contributed by atoms with Gasteiger partial charge < -0.3 is 0 Å². The summed E-state index contributed by atoms with van der Waals surface area (Å²) >= 11 is 0. The van der Waals surface area contributed by atoms with Gasteiger partial charge in [0.1, 0.15) is 0 Å². The first-order chi connectivity index (χ1) is 49.0. The van der Waals surface area contributed by atoms with Crippen LogP contribution in [0.1, 0.15) is 341 Å². The number of halogens is 36. The zero-order chi connectivity index (χ0) is 93.2. The van der Waals surface area contributed by atoms with E-state index in [1.807, 2.05) is 20.8 Å². The van der Waals surface area contributed by atoms with E-state index in [2.05, 4.69) is 27.7 Å². The fourth-order valence-electron chi connectivity index (χ4n) is 7.60. The average Bonchev–Trinajstić information content (AvgIpc) is 0.823. The third-order valence-corrected chi connectivity index (χ3v) is 17.6. The second kappa shape index (κ2) is 60.0. The second-order valence-electron chi connectivity index (χ2n) is 31.7. The van der Waals surface area contributed by atoms with Crippen molar-refractivity contribution in [3.8, 4) is 0 Å². The van der Waals surface area contributed by atoms with Gasteiger partial charge in [-0.05, 0) is 72.5 Å². The standard InChI is InChI=1S/2C7H10F6.8C7H13F3.C6H14/c1-4(2)3-5(6(8,9)10)7(11,12)13;1-2-3-4-5(6(8,9)10)7(11,12)13;1-5(2)6(3,4)7(8,9)10;1-4-6(2,3)5-7(8,9)10;1-4-5-6(2,3)7(8,9)10;1-4-5(2)6(3)7(8,9)10;1-3-4-6(2)5-7(8,9)10;1-3-4-5-6(2)7(8,9)10;1-3-6(4-2)5-7(8,9)10;1-2-3-4-5-6-7(8,9)10;1-5-6(2,3)4/h4-5H,3H2,1-2H3;5H,2-4H2,1H3;5H,1-4H3;2*4-5H2,1-3H3;5-6H,4H2,1-3H3;3*6H,3-5H2,1-2H3;2-6H2,1H3;5H2,1-4H3/t;;;;;5-,6?;2*6-;;;/m.....000.../s1. The van der Waals surface area contributed by atoms with E-state index in [0.717, 1.165) is 25.7 Å². The van der Waals surface area contributed by atoms with Crippen molar-refractivity contribution < 1.29 is 158 Å². The molecule has 0 heterocycles. The third kappa shape index (κ3) is 91.4. The second-order valence-corrected chi connectivity index (χ2v) is 31.7. The lowest BCUT2D eigenvalue weighted by Crippen LogP contribution is -2.37. The Hall–Kier alpha value is -2.52. The maximum absolute atomic E-state index is 12.1. The summed E-state index contributed by atoms with van der Waals surface area (Å²) in [6, 6.07) is 0. The Morgan fingerprint density at radius 2 is 0.652 bits per heavy atom. The summed E-state index contributed by atoms with van der Waals surface area (Å²) in [4.78, 5) is 0. The van der Waals surface area contributed by atoms with Crippen molar-refractivity contribution in [2.75, 3.05) is 0 Å². The van der Waals surface area contributed by atoms with E-state index in [4.69, 9.17) is 0 Å². The van der Waals surface area contributed by atoms with Crippen LogP contribution >= 0.6 is 0 Å². The van der Waals surface area contributed by atoms with Crippen LogP contribution in [0.5, 0.6) is 0 Å². The number of hydrogen-bond acceptors (Lipinski definition) is 0. The van der Waals surface area contributed by atoms with Crippen molar-refractivity contribution in [2.45, 2.75) is 415 Å². The van der Waals surface area contributed by atoms with E-state index in [-0.39, 0.29) is 49.4 Å². The van der Waals surface area contributed by atoms with Gasteiger partial charge in [0.05, 0.1) is 22.7 Å². The molecule has 0 N–H and O–H groups in total. The molecule has 36 heteroatoms. The van der Waals surface area contributed by atoms with E-state index in [0.29, 0.717) is 63.2 Å². The molecule has 0 rings (SSSR count). The molecule has 0 aliphatic carbocycles. The molecule has 0 amide bonds. The molecule has 694 valence electrons. The van der Waals surface area contributed by atoms with Crippen LogP contribution in [0, 0.1) is 74.9 Å². The van der Waals surface area contributed by atoms with E-state index in [1.54, 1.807) is 83.1 Å². The van der Waals surface area contributed by atoms with Gasteiger partial charge >= 0.3 is 74.1 Å². The fraction of sp³-hybridized carbons (Fsp3) is 1.00. The van der Waals surface area contributed by atoms with Gasteiger partial charge in [0, 0.05) is 25.7 Å². The molecule has 112 heavy (non-hydrogen) atoms. The van der Waals surface area contributed by atoms with Crippen LogP contribution in [-0.4, -0.2) is 74.1 Å². The Labute approximate surface area is 646 Å². The van der Waals surface area contributed by atoms with Gasteiger partial charge in [-0.15, -0.1) is 0 Å². The normalized spacial score (nSPS) is 14.2. The summed E-state index contributed by atoms with van der Waals surface area (Å²) in [6.45, 7) is 44.8. The zero-order valence-electron chi connectivity index (χ0n) is 70.8. The van der Waals surface area contributed by atoms with Crippen LogP contribution < -0.4 is 0 Å². The minimum absolute atomic E-state index is 0.0658. The summed E-state index contributed by atoms with van der Waals surface area (Å²) in [6.07, 6.45) is -46.3. The molecule has 0 aromatic rings. The molecule has 0 aromatic carbocycles. The first kappa shape index (κ1) is 133. The molecule has 0 saturated carbocycles. The Kier molecular flexibility index (Phi) is 71.2. The molecule has 1 unspecified atom stereocenters. The third-order valence-electron chi connectivity index (χ3n) is 17.6. The van der Waals surface area contributed by atoms with Crippen LogP contribution in [0.2, 0.25) is 0 Å². The molecule has 0 nitrogen and oxygen atoms in total. The highest BCUT2D eigenvalue weighted by molar-refractivity contribution is 4.81. The lowest BCUT2D eigenvalue weighted by atomic mass is 9.81. The van der Waals surface area contributed by atoms with Crippen molar-refractivity contribution in [3.05, 3.63) is 0 Å². The van der Waals surface area contributed by atoms with Crippen LogP contribution in [0.4, 0.5) is 158 Å². The van der Waals surface area contributed by atoms with E-state index in [9.17, 15) is 158 Å². The van der Waals surface area contributed by atoms with Crippen molar-refractivity contribution >= 4 is 0 Å². The molecule has 0 fully saturated rings. The largest absolute Gasteiger partial charge is 0.400 e. The Morgan fingerprint density at radius 1 is 0.295 bits per heavy atom. The molecular formula is C76H138F36. The molecule has 0 aromatic heterocycles. The van der Waals surface area contributed by atoms with E-state index >= 15 is 0 Å². The highest BCUT2D eigenvalue weighted by Gasteiger charge is 2.57. The minimum atomic E-state index is -5.19. The van der Waals surface area contributed by atoms with E-state index < -0.39 is 158 Å². The molecular weight excluding hydrogens is 1600 g/mol. The van der Waals surface area contributed by atoms with E-state index in [1.165, 1.54) is 61.8 Å². The number of rotatable bonds is 25. The smallest absolute Gasteiger partial charge is 0.171 e. The highest BCUT2D eigenvalue weighted by atomic mass is 19.5.